The van der Waals surface area contributed by atoms with Gasteiger partial charge >= 0.3 is 5.97 Å². The molecule has 1 aliphatic rings. The molecule has 6 heteroatoms. The van der Waals surface area contributed by atoms with Crippen LogP contribution in [-0.4, -0.2) is 55.7 Å². The number of halogens is 1. The normalized spacial score (nSPS) is 16.9. The Kier molecular flexibility index (Phi) is 7.57. The summed E-state index contributed by atoms with van der Waals surface area (Å²) in [5.74, 6) is -0.459. The number of esters is 1. The van der Waals surface area contributed by atoms with Gasteiger partial charge in [0.1, 0.15) is 5.54 Å². The third-order valence-electron chi connectivity index (χ3n) is 5.10. The van der Waals surface area contributed by atoms with Gasteiger partial charge < -0.3 is 9.64 Å². The molecule has 0 saturated carbocycles. The van der Waals surface area contributed by atoms with Crippen molar-refractivity contribution in [1.82, 2.24) is 4.90 Å². The predicted octanol–water partition coefficient (Wildman–Crippen LogP) is 3.19. The molecule has 144 valence electrons. The number of rotatable bonds is 8. The molecule has 2 rings (SSSR count). The lowest BCUT2D eigenvalue weighted by atomic mass is 9.84. The molecular formula is C20H29FN2O3. The van der Waals surface area contributed by atoms with E-state index < -0.39 is 5.54 Å². The number of alkyl halides is 1. The number of benzene rings is 1. The smallest absolute Gasteiger partial charge is 0.332 e. The van der Waals surface area contributed by atoms with Gasteiger partial charge in [-0.1, -0.05) is 25.1 Å². The molecule has 1 aliphatic heterocycles. The third-order valence-corrected chi connectivity index (χ3v) is 5.10. The van der Waals surface area contributed by atoms with E-state index in [2.05, 4.69) is 4.90 Å². The zero-order valence-corrected chi connectivity index (χ0v) is 15.7. The van der Waals surface area contributed by atoms with Crippen molar-refractivity contribution in [3.05, 3.63) is 30.3 Å². The minimum absolute atomic E-state index is 0.0903. The van der Waals surface area contributed by atoms with Crippen LogP contribution in [0.25, 0.3) is 0 Å². The molecule has 0 aromatic heterocycles. The molecule has 1 heterocycles. The Morgan fingerprint density at radius 3 is 2.38 bits per heavy atom. The number of unbranched alkanes of at least 4 members (excludes halogenated alkanes) is 1. The van der Waals surface area contributed by atoms with E-state index in [9.17, 15) is 14.0 Å². The molecule has 5 nitrogen and oxygen atoms in total. The molecule has 0 bridgehead atoms. The first-order valence-corrected chi connectivity index (χ1v) is 9.34. The first-order valence-electron chi connectivity index (χ1n) is 9.34. The van der Waals surface area contributed by atoms with Gasteiger partial charge in [0.25, 0.3) is 0 Å². The summed E-state index contributed by atoms with van der Waals surface area (Å²) in [6.45, 7) is 3.68. The van der Waals surface area contributed by atoms with Crippen molar-refractivity contribution in [2.75, 3.05) is 38.3 Å². The summed E-state index contributed by atoms with van der Waals surface area (Å²) in [5.41, 5.74) is -0.268. The maximum atomic E-state index is 12.8. The topological polar surface area (TPSA) is 49.9 Å². The first-order chi connectivity index (χ1) is 12.6. The second-order valence-electron chi connectivity index (χ2n) is 6.68. The van der Waals surface area contributed by atoms with Crippen LogP contribution in [0.3, 0.4) is 0 Å². The monoisotopic (exact) mass is 364 g/mol. The van der Waals surface area contributed by atoms with E-state index in [1.54, 1.807) is 11.8 Å². The summed E-state index contributed by atoms with van der Waals surface area (Å²) in [6.07, 6.45) is 2.70. The Labute approximate surface area is 155 Å². The van der Waals surface area contributed by atoms with Gasteiger partial charge in [-0.2, -0.15) is 0 Å². The van der Waals surface area contributed by atoms with Crippen LogP contribution in [0.15, 0.2) is 30.3 Å². The number of methoxy groups -OCH3 is 1. The Balaban J connectivity index is 2.28. The number of anilines is 1. The number of likely N-dealkylation sites (tertiary alicyclic amines) is 1. The number of para-hydroxylation sites is 1. The summed E-state index contributed by atoms with van der Waals surface area (Å²) in [4.78, 5) is 29.5. The quantitative estimate of drug-likeness (QED) is 0.525. The molecule has 0 unspecified atom stereocenters. The number of carbonyl (C=O) groups is 2. The van der Waals surface area contributed by atoms with Crippen LogP contribution in [0.5, 0.6) is 0 Å². The SMILES string of the molecule is CCC(=O)N(c1ccccc1)C1(C(=O)OC)CCN(CCCCF)CC1. The van der Waals surface area contributed by atoms with Crippen LogP contribution in [0, 0.1) is 0 Å². The fourth-order valence-corrected chi connectivity index (χ4v) is 3.65. The minimum Gasteiger partial charge on any atom is -0.467 e. The van der Waals surface area contributed by atoms with Crippen LogP contribution in [0.1, 0.15) is 39.0 Å². The maximum Gasteiger partial charge on any atom is 0.332 e. The molecule has 0 aliphatic carbocycles. The summed E-state index contributed by atoms with van der Waals surface area (Å²) < 4.78 is 17.4. The van der Waals surface area contributed by atoms with Crippen LogP contribution in [-0.2, 0) is 14.3 Å². The van der Waals surface area contributed by atoms with Crippen LogP contribution < -0.4 is 4.90 Å². The fourth-order valence-electron chi connectivity index (χ4n) is 3.65. The van der Waals surface area contributed by atoms with Gasteiger partial charge in [0, 0.05) is 25.2 Å². The van der Waals surface area contributed by atoms with Gasteiger partial charge in [-0.3, -0.25) is 14.1 Å². The van der Waals surface area contributed by atoms with Crippen molar-refractivity contribution in [2.45, 2.75) is 44.6 Å². The lowest BCUT2D eigenvalue weighted by molar-refractivity contribution is -0.151. The predicted molar refractivity (Wildman–Crippen MR) is 99.8 cm³/mol. The highest BCUT2D eigenvalue weighted by Crippen LogP contribution is 2.35. The van der Waals surface area contributed by atoms with Gasteiger partial charge in [0.2, 0.25) is 5.91 Å². The zero-order chi connectivity index (χ0) is 19.0. The van der Waals surface area contributed by atoms with E-state index in [1.165, 1.54) is 7.11 Å². The van der Waals surface area contributed by atoms with Crippen LogP contribution in [0.4, 0.5) is 10.1 Å². The lowest BCUT2D eigenvalue weighted by Crippen LogP contribution is -2.62. The highest BCUT2D eigenvalue weighted by molar-refractivity contribution is 6.02. The van der Waals surface area contributed by atoms with Crippen molar-refractivity contribution in [1.29, 1.82) is 0 Å². The number of ether oxygens (including phenoxy) is 1. The highest BCUT2D eigenvalue weighted by Gasteiger charge is 2.49. The average Bonchev–Trinajstić information content (AvgIpc) is 2.69. The summed E-state index contributed by atoms with van der Waals surface area (Å²) >= 11 is 0. The summed E-state index contributed by atoms with van der Waals surface area (Å²) in [7, 11) is 1.37. The Bertz CT molecular complexity index is 586. The van der Waals surface area contributed by atoms with Crippen LogP contribution in [0.2, 0.25) is 0 Å². The van der Waals surface area contributed by atoms with Crippen LogP contribution >= 0.6 is 0 Å². The standard InChI is InChI=1S/C20H29FN2O3/c1-3-18(24)23(17-9-5-4-6-10-17)20(19(25)26-2)11-15-22(16-12-20)14-8-7-13-21/h4-6,9-10H,3,7-8,11-16H2,1-2H3. The molecule has 1 aromatic rings. The third kappa shape index (κ3) is 4.41. The molecule has 0 N–H and O–H groups in total. The van der Waals surface area contributed by atoms with Crippen molar-refractivity contribution in [3.63, 3.8) is 0 Å². The molecule has 26 heavy (non-hydrogen) atoms. The first kappa shape index (κ1) is 20.4. The molecule has 0 atom stereocenters. The van der Waals surface area contributed by atoms with E-state index in [-0.39, 0.29) is 18.6 Å². The van der Waals surface area contributed by atoms with E-state index in [0.717, 1.165) is 18.7 Å². The van der Waals surface area contributed by atoms with E-state index in [4.69, 9.17) is 4.74 Å². The Morgan fingerprint density at radius 2 is 1.85 bits per heavy atom. The van der Waals surface area contributed by atoms with Gasteiger partial charge in [0.05, 0.1) is 13.8 Å². The number of hydrogen-bond acceptors (Lipinski definition) is 4. The minimum atomic E-state index is -0.986. The molecule has 0 radical (unpaired) electrons. The maximum absolute atomic E-state index is 12.8. The zero-order valence-electron chi connectivity index (χ0n) is 15.7. The number of piperidine rings is 1. The fraction of sp³-hybridized carbons (Fsp3) is 0.600. The number of carbonyl (C=O) groups excluding carboxylic acids is 2. The molecule has 1 saturated heterocycles. The van der Waals surface area contributed by atoms with Crippen molar-refractivity contribution < 1.29 is 18.7 Å². The number of hydrogen-bond donors (Lipinski definition) is 0. The van der Waals surface area contributed by atoms with E-state index in [0.29, 0.717) is 38.8 Å². The molecule has 0 spiro atoms. The highest BCUT2D eigenvalue weighted by atomic mass is 19.1. The Morgan fingerprint density at radius 1 is 1.19 bits per heavy atom. The van der Waals surface area contributed by atoms with Crippen molar-refractivity contribution in [3.8, 4) is 0 Å². The largest absolute Gasteiger partial charge is 0.467 e. The molecule has 1 amide bonds. The van der Waals surface area contributed by atoms with Gasteiger partial charge in [-0.05, 0) is 44.4 Å². The van der Waals surface area contributed by atoms with Crippen molar-refractivity contribution >= 4 is 17.6 Å². The summed E-state index contributed by atoms with van der Waals surface area (Å²) in [6, 6.07) is 9.32. The average molecular weight is 364 g/mol. The Hall–Kier alpha value is -1.95. The molecule has 1 aromatic carbocycles. The van der Waals surface area contributed by atoms with E-state index >= 15 is 0 Å². The number of amides is 1. The second kappa shape index (κ2) is 9.67. The van der Waals surface area contributed by atoms with Gasteiger partial charge in [-0.25, -0.2) is 4.79 Å². The summed E-state index contributed by atoms with van der Waals surface area (Å²) in [5, 5.41) is 0. The molecule has 1 fully saturated rings. The van der Waals surface area contributed by atoms with E-state index in [1.807, 2.05) is 30.3 Å². The van der Waals surface area contributed by atoms with Crippen molar-refractivity contribution in [2.24, 2.45) is 0 Å². The lowest BCUT2D eigenvalue weighted by Gasteiger charge is -2.46. The molecular weight excluding hydrogens is 335 g/mol. The number of nitrogens with zero attached hydrogens (tertiary/aromatic N) is 2. The van der Waals surface area contributed by atoms with Gasteiger partial charge in [0.15, 0.2) is 0 Å². The second-order valence-corrected chi connectivity index (χ2v) is 6.68. The van der Waals surface area contributed by atoms with Gasteiger partial charge in [-0.15, -0.1) is 0 Å².